The zero-order valence-electron chi connectivity index (χ0n) is 15.7. The molecule has 2 heterocycles. The van der Waals surface area contributed by atoms with E-state index in [-0.39, 0.29) is 18.3 Å². The molecule has 0 spiro atoms. The number of nitrogens with one attached hydrogen (secondary N) is 2. The fraction of sp³-hybridized carbons (Fsp3) is 0.500. The van der Waals surface area contributed by atoms with Gasteiger partial charge in [0.15, 0.2) is 0 Å². The van der Waals surface area contributed by atoms with Gasteiger partial charge in [0.1, 0.15) is 5.82 Å². The molecule has 4 rings (SSSR count). The van der Waals surface area contributed by atoms with Gasteiger partial charge in [-0.3, -0.25) is 9.69 Å². The number of amides is 1. The minimum atomic E-state index is 0. The third-order valence-electron chi connectivity index (χ3n) is 5.27. The van der Waals surface area contributed by atoms with E-state index < -0.39 is 0 Å². The monoisotopic (exact) mass is 389 g/mol. The van der Waals surface area contributed by atoms with Gasteiger partial charge in [-0.15, -0.1) is 12.4 Å². The number of piperidine rings is 1. The summed E-state index contributed by atoms with van der Waals surface area (Å²) in [6.07, 6.45) is 4.70. The first kappa shape index (κ1) is 19.9. The average Bonchev–Trinajstić information content (AvgIpc) is 3.43. The first-order valence-electron chi connectivity index (χ1n) is 9.58. The molecule has 2 fully saturated rings. The molecule has 27 heavy (non-hydrogen) atoms. The third kappa shape index (κ3) is 4.89. The molecular weight excluding hydrogens is 362 g/mol. The number of aromatic nitrogens is 2. The summed E-state index contributed by atoms with van der Waals surface area (Å²) in [6, 6.07) is 12.5. The van der Waals surface area contributed by atoms with Crippen LogP contribution in [-0.2, 0) is 4.79 Å². The fourth-order valence-electron chi connectivity index (χ4n) is 3.65. The average molecular weight is 390 g/mol. The molecule has 1 aliphatic carbocycles. The lowest BCUT2D eigenvalue weighted by Gasteiger charge is -2.31. The standard InChI is InChI=1S/C20H27N5O.ClH/c1-21-16-6-5-11-24(13-16)14-20(26)22-19-12-18(15-9-10-15)23-25(19)17-7-3-2-4-8-17;/h2-4,7-8,12,15-16,21H,5-6,9-11,13-14H2,1H3,(H,22,26);1H. The van der Waals surface area contributed by atoms with Crippen molar-refractivity contribution in [2.75, 3.05) is 32.0 Å². The molecule has 146 valence electrons. The van der Waals surface area contributed by atoms with Crippen molar-refractivity contribution in [1.29, 1.82) is 0 Å². The van der Waals surface area contributed by atoms with E-state index in [0.29, 0.717) is 18.5 Å². The number of hydrogen-bond donors (Lipinski definition) is 2. The van der Waals surface area contributed by atoms with Crippen LogP contribution in [0.25, 0.3) is 5.69 Å². The minimum Gasteiger partial charge on any atom is -0.316 e. The number of benzene rings is 1. The highest BCUT2D eigenvalue weighted by Gasteiger charge is 2.28. The molecule has 1 saturated carbocycles. The summed E-state index contributed by atoms with van der Waals surface area (Å²) >= 11 is 0. The molecule has 1 atom stereocenters. The van der Waals surface area contributed by atoms with Gasteiger partial charge in [0, 0.05) is 24.6 Å². The maximum Gasteiger partial charge on any atom is 0.239 e. The molecule has 1 unspecified atom stereocenters. The van der Waals surface area contributed by atoms with Crippen LogP contribution < -0.4 is 10.6 Å². The Bertz CT molecular complexity index is 759. The summed E-state index contributed by atoms with van der Waals surface area (Å²) in [5.41, 5.74) is 2.06. The van der Waals surface area contributed by atoms with Crippen LogP contribution in [0.3, 0.4) is 0 Å². The Balaban J connectivity index is 0.00000210. The Hall–Kier alpha value is -1.89. The number of halogens is 1. The van der Waals surface area contributed by atoms with Crippen LogP contribution in [0.5, 0.6) is 0 Å². The van der Waals surface area contributed by atoms with E-state index in [2.05, 4.69) is 15.5 Å². The second-order valence-corrected chi connectivity index (χ2v) is 7.39. The SMILES string of the molecule is CNC1CCCN(CC(=O)Nc2cc(C3CC3)nn2-c2ccccc2)C1.Cl. The van der Waals surface area contributed by atoms with Crippen molar-refractivity contribution in [3.05, 3.63) is 42.1 Å². The van der Waals surface area contributed by atoms with E-state index in [1.807, 2.05) is 48.1 Å². The van der Waals surface area contributed by atoms with E-state index in [9.17, 15) is 4.79 Å². The summed E-state index contributed by atoms with van der Waals surface area (Å²) < 4.78 is 1.86. The zero-order valence-corrected chi connectivity index (χ0v) is 16.5. The number of hydrogen-bond acceptors (Lipinski definition) is 4. The van der Waals surface area contributed by atoms with Gasteiger partial charge in [0.25, 0.3) is 0 Å². The molecule has 2 N–H and O–H groups in total. The number of likely N-dealkylation sites (tertiary alicyclic amines) is 1. The Morgan fingerprint density at radius 2 is 2.00 bits per heavy atom. The Morgan fingerprint density at radius 1 is 1.22 bits per heavy atom. The number of carbonyl (C=O) groups excluding carboxylic acids is 1. The summed E-state index contributed by atoms with van der Waals surface area (Å²) in [5, 5.41) is 11.2. The number of nitrogens with zero attached hydrogens (tertiary/aromatic N) is 3. The Morgan fingerprint density at radius 3 is 2.70 bits per heavy atom. The van der Waals surface area contributed by atoms with Crippen molar-refractivity contribution in [3.8, 4) is 5.69 Å². The molecule has 1 amide bonds. The normalized spacial score (nSPS) is 20.1. The van der Waals surface area contributed by atoms with Gasteiger partial charge in [-0.1, -0.05) is 18.2 Å². The van der Waals surface area contributed by atoms with Gasteiger partial charge in [-0.05, 0) is 51.4 Å². The lowest BCUT2D eigenvalue weighted by atomic mass is 10.1. The van der Waals surface area contributed by atoms with Gasteiger partial charge in [0.2, 0.25) is 5.91 Å². The summed E-state index contributed by atoms with van der Waals surface area (Å²) in [7, 11) is 1.99. The number of para-hydroxylation sites is 1. The molecule has 7 heteroatoms. The highest BCUT2D eigenvalue weighted by Crippen LogP contribution is 2.40. The first-order chi connectivity index (χ1) is 12.7. The quantitative estimate of drug-likeness (QED) is 0.797. The summed E-state index contributed by atoms with van der Waals surface area (Å²) in [5.74, 6) is 1.35. The second kappa shape index (κ2) is 8.87. The molecule has 0 radical (unpaired) electrons. The predicted molar refractivity (Wildman–Crippen MR) is 110 cm³/mol. The van der Waals surface area contributed by atoms with Crippen LogP contribution in [-0.4, -0.2) is 53.3 Å². The Kier molecular flexibility index (Phi) is 6.52. The fourth-order valence-corrected chi connectivity index (χ4v) is 3.65. The van der Waals surface area contributed by atoms with Crippen molar-refractivity contribution in [2.24, 2.45) is 0 Å². The molecule has 1 saturated heterocycles. The summed E-state index contributed by atoms with van der Waals surface area (Å²) in [6.45, 7) is 2.34. The van der Waals surface area contributed by atoms with Gasteiger partial charge < -0.3 is 10.6 Å². The van der Waals surface area contributed by atoms with Gasteiger partial charge >= 0.3 is 0 Å². The zero-order chi connectivity index (χ0) is 17.9. The smallest absolute Gasteiger partial charge is 0.239 e. The van der Waals surface area contributed by atoms with Crippen LogP contribution in [0.4, 0.5) is 5.82 Å². The van der Waals surface area contributed by atoms with E-state index in [4.69, 9.17) is 5.10 Å². The van der Waals surface area contributed by atoms with Crippen molar-refractivity contribution >= 4 is 24.1 Å². The Labute approximate surface area is 166 Å². The molecule has 6 nitrogen and oxygen atoms in total. The lowest BCUT2D eigenvalue weighted by molar-refractivity contribution is -0.117. The predicted octanol–water partition coefficient (Wildman–Crippen LogP) is 2.79. The molecule has 1 aliphatic heterocycles. The van der Waals surface area contributed by atoms with E-state index in [1.54, 1.807) is 0 Å². The van der Waals surface area contributed by atoms with Gasteiger partial charge in [-0.25, -0.2) is 4.68 Å². The maximum absolute atomic E-state index is 12.6. The topological polar surface area (TPSA) is 62.2 Å². The summed E-state index contributed by atoms with van der Waals surface area (Å²) in [4.78, 5) is 14.9. The molecule has 0 bridgehead atoms. The van der Waals surface area contributed by atoms with Crippen molar-refractivity contribution in [2.45, 2.75) is 37.6 Å². The first-order valence-corrected chi connectivity index (χ1v) is 9.58. The van der Waals surface area contributed by atoms with Crippen molar-refractivity contribution in [3.63, 3.8) is 0 Å². The second-order valence-electron chi connectivity index (χ2n) is 7.39. The molecule has 2 aliphatic rings. The van der Waals surface area contributed by atoms with E-state index >= 15 is 0 Å². The maximum atomic E-state index is 12.6. The number of carbonyl (C=O) groups is 1. The minimum absolute atomic E-state index is 0. The van der Waals surface area contributed by atoms with E-state index in [1.165, 1.54) is 19.3 Å². The molecular formula is C20H28ClN5O. The number of likely N-dealkylation sites (N-methyl/N-ethyl adjacent to an activating group) is 1. The van der Waals surface area contributed by atoms with Gasteiger partial charge in [0.05, 0.1) is 17.9 Å². The van der Waals surface area contributed by atoms with Crippen LogP contribution >= 0.6 is 12.4 Å². The van der Waals surface area contributed by atoms with Gasteiger partial charge in [-0.2, -0.15) is 5.10 Å². The number of anilines is 1. The highest BCUT2D eigenvalue weighted by molar-refractivity contribution is 5.91. The van der Waals surface area contributed by atoms with Crippen molar-refractivity contribution < 1.29 is 4.79 Å². The van der Waals surface area contributed by atoms with E-state index in [0.717, 1.165) is 36.7 Å². The third-order valence-corrected chi connectivity index (χ3v) is 5.27. The highest BCUT2D eigenvalue weighted by atomic mass is 35.5. The van der Waals surface area contributed by atoms with Crippen LogP contribution in [0.15, 0.2) is 36.4 Å². The molecule has 1 aromatic heterocycles. The van der Waals surface area contributed by atoms with Crippen LogP contribution in [0.1, 0.15) is 37.3 Å². The number of rotatable bonds is 6. The molecule has 1 aromatic carbocycles. The van der Waals surface area contributed by atoms with Crippen LogP contribution in [0, 0.1) is 0 Å². The van der Waals surface area contributed by atoms with Crippen LogP contribution in [0.2, 0.25) is 0 Å². The van der Waals surface area contributed by atoms with Crippen molar-refractivity contribution in [1.82, 2.24) is 20.0 Å². The molecule has 2 aromatic rings. The largest absolute Gasteiger partial charge is 0.316 e. The lowest BCUT2D eigenvalue weighted by Crippen LogP contribution is -2.47.